The van der Waals surface area contributed by atoms with Gasteiger partial charge in [0, 0.05) is 24.0 Å². The van der Waals surface area contributed by atoms with Crippen molar-refractivity contribution in [3.05, 3.63) is 115 Å². The molecule has 3 nitrogen and oxygen atoms in total. The molecule has 4 aromatic rings. The molecule has 31 heavy (non-hydrogen) atoms. The average molecular weight is 404 g/mol. The van der Waals surface area contributed by atoms with E-state index in [1.165, 1.54) is 16.7 Å². The zero-order valence-corrected chi connectivity index (χ0v) is 17.7. The highest BCUT2D eigenvalue weighted by molar-refractivity contribution is 5.71. The zero-order chi connectivity index (χ0) is 21.6. The van der Waals surface area contributed by atoms with Gasteiger partial charge in [-0.1, -0.05) is 67.8 Å². The van der Waals surface area contributed by atoms with Gasteiger partial charge < -0.3 is 5.32 Å². The molecular weight excluding hydrogens is 378 g/mol. The second kappa shape index (κ2) is 9.23. The molecule has 152 valence electrons. The Morgan fingerprint density at radius 1 is 0.806 bits per heavy atom. The number of hydrogen-bond donors (Lipinski definition) is 1. The van der Waals surface area contributed by atoms with Crippen LogP contribution in [0, 0.1) is 6.92 Å². The van der Waals surface area contributed by atoms with Crippen molar-refractivity contribution in [3.63, 3.8) is 0 Å². The summed E-state index contributed by atoms with van der Waals surface area (Å²) in [6, 6.07) is 25.0. The molecule has 0 aliphatic heterocycles. The summed E-state index contributed by atoms with van der Waals surface area (Å²) in [4.78, 5) is 9.05. The number of aryl methyl sites for hydroxylation is 1. The molecule has 0 atom stereocenters. The van der Waals surface area contributed by atoms with Gasteiger partial charge in [0.05, 0.1) is 5.69 Å². The van der Waals surface area contributed by atoms with Crippen LogP contribution in [0.3, 0.4) is 0 Å². The van der Waals surface area contributed by atoms with Crippen molar-refractivity contribution in [1.82, 2.24) is 9.97 Å². The standard InChI is InChI=1S/C28H25N3/c1-4-22-13-14-26(18-23(22)5-2)27-7-6-8-28(31-27)30-19-21-9-11-24(12-10-21)25-15-16-29-20(3)17-25/h4-18H,1-2,19H2,3H3,(H,30,31). The first kappa shape index (κ1) is 20.3. The number of nitrogens with zero attached hydrogens (tertiary/aromatic N) is 2. The topological polar surface area (TPSA) is 37.8 Å². The van der Waals surface area contributed by atoms with E-state index >= 15 is 0 Å². The van der Waals surface area contributed by atoms with Gasteiger partial charge in [0.2, 0.25) is 0 Å². The van der Waals surface area contributed by atoms with Crippen LogP contribution in [0.5, 0.6) is 0 Å². The molecule has 4 rings (SSSR count). The van der Waals surface area contributed by atoms with Gasteiger partial charge in [-0.25, -0.2) is 4.98 Å². The van der Waals surface area contributed by atoms with Crippen LogP contribution in [0.4, 0.5) is 5.82 Å². The highest BCUT2D eigenvalue weighted by Gasteiger charge is 2.05. The van der Waals surface area contributed by atoms with E-state index < -0.39 is 0 Å². The van der Waals surface area contributed by atoms with Crippen LogP contribution >= 0.6 is 0 Å². The highest BCUT2D eigenvalue weighted by atomic mass is 15.0. The minimum Gasteiger partial charge on any atom is -0.366 e. The Morgan fingerprint density at radius 2 is 1.58 bits per heavy atom. The number of aromatic nitrogens is 2. The summed E-state index contributed by atoms with van der Waals surface area (Å²) in [6.45, 7) is 10.5. The van der Waals surface area contributed by atoms with E-state index in [9.17, 15) is 0 Å². The Kier molecular flexibility index (Phi) is 6.04. The van der Waals surface area contributed by atoms with Crippen LogP contribution in [0.2, 0.25) is 0 Å². The van der Waals surface area contributed by atoms with Crippen molar-refractivity contribution in [2.24, 2.45) is 0 Å². The molecule has 0 radical (unpaired) electrons. The van der Waals surface area contributed by atoms with Gasteiger partial charge in [-0.3, -0.25) is 4.98 Å². The molecule has 0 unspecified atom stereocenters. The van der Waals surface area contributed by atoms with E-state index in [1.54, 1.807) is 0 Å². The van der Waals surface area contributed by atoms with Gasteiger partial charge in [-0.2, -0.15) is 0 Å². The van der Waals surface area contributed by atoms with Crippen molar-refractivity contribution in [2.45, 2.75) is 13.5 Å². The molecule has 0 aliphatic carbocycles. The number of nitrogens with one attached hydrogen (secondary N) is 1. The van der Waals surface area contributed by atoms with Crippen LogP contribution in [0.15, 0.2) is 92.2 Å². The predicted octanol–water partition coefficient (Wildman–Crippen LogP) is 7.02. The summed E-state index contributed by atoms with van der Waals surface area (Å²) in [5, 5.41) is 3.43. The molecule has 3 heteroatoms. The van der Waals surface area contributed by atoms with E-state index in [0.29, 0.717) is 6.54 Å². The summed E-state index contributed by atoms with van der Waals surface area (Å²) in [6.07, 6.45) is 5.54. The molecule has 1 N–H and O–H groups in total. The van der Waals surface area contributed by atoms with Gasteiger partial charge in [0.15, 0.2) is 0 Å². The third-order valence-electron chi connectivity index (χ3n) is 5.23. The lowest BCUT2D eigenvalue weighted by atomic mass is 10.0. The van der Waals surface area contributed by atoms with Crippen molar-refractivity contribution >= 4 is 18.0 Å². The molecule has 0 amide bonds. The Labute approximate surface area is 183 Å². The number of anilines is 1. The molecule has 2 aromatic heterocycles. The number of benzene rings is 2. The van der Waals surface area contributed by atoms with Crippen molar-refractivity contribution in [2.75, 3.05) is 5.32 Å². The molecule has 0 saturated heterocycles. The van der Waals surface area contributed by atoms with E-state index in [2.05, 4.69) is 65.9 Å². The van der Waals surface area contributed by atoms with Gasteiger partial charge in [-0.15, -0.1) is 0 Å². The van der Waals surface area contributed by atoms with E-state index in [-0.39, 0.29) is 0 Å². The molecule has 0 aliphatic rings. The lowest BCUT2D eigenvalue weighted by Crippen LogP contribution is -2.01. The monoisotopic (exact) mass is 403 g/mol. The predicted molar refractivity (Wildman–Crippen MR) is 132 cm³/mol. The van der Waals surface area contributed by atoms with E-state index in [0.717, 1.165) is 33.9 Å². The number of pyridine rings is 2. The molecule has 2 aromatic carbocycles. The molecule has 0 bridgehead atoms. The van der Waals surface area contributed by atoms with Crippen molar-refractivity contribution in [3.8, 4) is 22.4 Å². The van der Waals surface area contributed by atoms with Crippen LogP contribution in [-0.2, 0) is 6.54 Å². The first-order chi connectivity index (χ1) is 15.2. The second-order valence-electron chi connectivity index (χ2n) is 7.40. The van der Waals surface area contributed by atoms with Gasteiger partial charge >= 0.3 is 0 Å². The van der Waals surface area contributed by atoms with Crippen LogP contribution in [0.25, 0.3) is 34.5 Å². The minimum absolute atomic E-state index is 0.708. The number of hydrogen-bond acceptors (Lipinski definition) is 3. The highest BCUT2D eigenvalue weighted by Crippen LogP contribution is 2.24. The third kappa shape index (κ3) is 4.78. The maximum Gasteiger partial charge on any atom is 0.126 e. The molecule has 2 heterocycles. The summed E-state index contributed by atoms with van der Waals surface area (Å²) in [5.41, 5.74) is 8.70. The van der Waals surface area contributed by atoms with Crippen LogP contribution in [0.1, 0.15) is 22.4 Å². The zero-order valence-electron chi connectivity index (χ0n) is 17.7. The smallest absolute Gasteiger partial charge is 0.126 e. The van der Waals surface area contributed by atoms with Gasteiger partial charge in [0.25, 0.3) is 0 Å². The van der Waals surface area contributed by atoms with Crippen LogP contribution < -0.4 is 5.32 Å². The maximum absolute atomic E-state index is 4.79. The SMILES string of the molecule is C=Cc1ccc(-c2cccc(NCc3ccc(-c4ccnc(C)c4)cc3)n2)cc1C=C. The second-order valence-corrected chi connectivity index (χ2v) is 7.40. The lowest BCUT2D eigenvalue weighted by Gasteiger charge is -2.10. The summed E-state index contributed by atoms with van der Waals surface area (Å²) >= 11 is 0. The lowest BCUT2D eigenvalue weighted by molar-refractivity contribution is 1.11. The van der Waals surface area contributed by atoms with Crippen LogP contribution in [-0.4, -0.2) is 9.97 Å². The molecule has 0 saturated carbocycles. The summed E-state index contributed by atoms with van der Waals surface area (Å²) < 4.78 is 0. The van der Waals surface area contributed by atoms with Gasteiger partial charge in [-0.05, 0) is 65.1 Å². The fraction of sp³-hybridized carbons (Fsp3) is 0.0714. The normalized spacial score (nSPS) is 10.5. The molecule has 0 fully saturated rings. The fourth-order valence-corrected chi connectivity index (χ4v) is 3.52. The third-order valence-corrected chi connectivity index (χ3v) is 5.23. The first-order valence-electron chi connectivity index (χ1n) is 10.3. The fourth-order valence-electron chi connectivity index (χ4n) is 3.52. The average Bonchev–Trinajstić information content (AvgIpc) is 2.83. The Hall–Kier alpha value is -3.98. The first-order valence-corrected chi connectivity index (χ1v) is 10.3. The summed E-state index contributed by atoms with van der Waals surface area (Å²) in [7, 11) is 0. The van der Waals surface area contributed by atoms with Crippen molar-refractivity contribution < 1.29 is 0 Å². The Bertz CT molecular complexity index is 1220. The van der Waals surface area contributed by atoms with Crippen molar-refractivity contribution in [1.29, 1.82) is 0 Å². The minimum atomic E-state index is 0.708. The summed E-state index contributed by atoms with van der Waals surface area (Å²) in [5.74, 6) is 0.847. The van der Waals surface area contributed by atoms with E-state index in [4.69, 9.17) is 4.98 Å². The quantitative estimate of drug-likeness (QED) is 0.360. The largest absolute Gasteiger partial charge is 0.366 e. The Morgan fingerprint density at radius 3 is 2.32 bits per heavy atom. The number of rotatable bonds is 7. The van der Waals surface area contributed by atoms with E-state index in [1.807, 2.05) is 55.6 Å². The molecule has 0 spiro atoms. The Balaban J connectivity index is 1.47. The van der Waals surface area contributed by atoms with Gasteiger partial charge in [0.1, 0.15) is 5.82 Å². The molecular formula is C28H25N3. The maximum atomic E-state index is 4.79.